The van der Waals surface area contributed by atoms with Crippen LogP contribution in [-0.4, -0.2) is 11.0 Å². The lowest BCUT2D eigenvalue weighted by Crippen LogP contribution is -2.49. The maximum absolute atomic E-state index is 12.0. The number of rotatable bonds is 3. The van der Waals surface area contributed by atoms with Crippen LogP contribution < -0.4 is 11.5 Å². The van der Waals surface area contributed by atoms with Gasteiger partial charge in [-0.15, -0.1) is 0 Å². The Kier molecular flexibility index (Phi) is 3.47. The van der Waals surface area contributed by atoms with Gasteiger partial charge in [0.25, 0.3) is 5.91 Å². The van der Waals surface area contributed by atoms with E-state index in [-0.39, 0.29) is 0 Å². The van der Waals surface area contributed by atoms with Gasteiger partial charge in [-0.3, -0.25) is 4.79 Å². The predicted octanol–water partition coefficient (Wildman–Crippen LogP) is 1.83. The van der Waals surface area contributed by atoms with E-state index in [1.54, 1.807) is 18.2 Å². The third kappa shape index (κ3) is 2.18. The van der Waals surface area contributed by atoms with Gasteiger partial charge in [-0.05, 0) is 23.6 Å². The molecule has 2 aromatic rings. The van der Waals surface area contributed by atoms with Crippen molar-refractivity contribution >= 4 is 17.7 Å². The average Bonchev–Trinajstić information content (AvgIpc) is 2.52. The number of carbonyl (C=O) groups is 1. The molecule has 1 amide bonds. The van der Waals surface area contributed by atoms with Crippen LogP contribution in [0.3, 0.4) is 0 Å². The van der Waals surface area contributed by atoms with Gasteiger partial charge in [0, 0.05) is 17.2 Å². The third-order valence-corrected chi connectivity index (χ3v) is 4.29. The molecule has 22 heavy (non-hydrogen) atoms. The Morgan fingerprint density at radius 3 is 2.55 bits per heavy atom. The van der Waals surface area contributed by atoms with Gasteiger partial charge < -0.3 is 16.6 Å². The highest BCUT2D eigenvalue weighted by molar-refractivity contribution is 5.88. The summed E-state index contributed by atoms with van der Waals surface area (Å²) < 4.78 is 0. The lowest BCUT2D eigenvalue weighted by atomic mass is 9.72. The number of primary amides is 1. The highest BCUT2D eigenvalue weighted by Crippen LogP contribution is 2.39. The Bertz CT molecular complexity index is 754. The molecule has 0 aromatic heterocycles. The van der Waals surface area contributed by atoms with E-state index in [0.29, 0.717) is 17.7 Å². The normalized spacial score (nSPS) is 23.0. The van der Waals surface area contributed by atoms with E-state index in [1.807, 2.05) is 42.5 Å². The molecule has 5 N–H and O–H groups in total. The number of nitrogens with two attached hydrogens (primary N) is 2. The van der Waals surface area contributed by atoms with Crippen molar-refractivity contribution in [2.24, 2.45) is 11.7 Å². The molecule has 0 saturated carbocycles. The van der Waals surface area contributed by atoms with Gasteiger partial charge in [0.05, 0.1) is 0 Å². The first-order chi connectivity index (χ1) is 10.5. The number of benzene rings is 2. The van der Waals surface area contributed by atoms with E-state index in [4.69, 9.17) is 11.5 Å². The molecule has 2 aromatic carbocycles. The zero-order chi connectivity index (χ0) is 15.7. The molecule has 2 atom stereocenters. The summed E-state index contributed by atoms with van der Waals surface area (Å²) in [4.78, 5) is 12.0. The van der Waals surface area contributed by atoms with Crippen LogP contribution in [0.2, 0.25) is 0 Å². The maximum Gasteiger partial charge on any atom is 0.254 e. The van der Waals surface area contributed by atoms with E-state index in [1.165, 1.54) is 0 Å². The smallest absolute Gasteiger partial charge is 0.254 e. The summed E-state index contributed by atoms with van der Waals surface area (Å²) in [5, 5.41) is 11.0. The molecule has 1 aliphatic carbocycles. The maximum atomic E-state index is 12.0. The number of aliphatic hydroxyl groups is 1. The number of para-hydroxylation sites is 1. The summed E-state index contributed by atoms with van der Waals surface area (Å²) in [5.41, 5.74) is 12.7. The first kappa shape index (κ1) is 14.4. The molecule has 2 unspecified atom stereocenters. The van der Waals surface area contributed by atoms with Crippen LogP contribution in [0.4, 0.5) is 5.69 Å². The van der Waals surface area contributed by atoms with Crippen LogP contribution >= 0.6 is 0 Å². The number of nitrogen functional groups attached to an aromatic ring is 1. The Hall–Kier alpha value is -2.59. The Labute approximate surface area is 129 Å². The third-order valence-electron chi connectivity index (χ3n) is 4.29. The summed E-state index contributed by atoms with van der Waals surface area (Å²) in [6.07, 6.45) is 4.19. The molecule has 0 spiro atoms. The summed E-state index contributed by atoms with van der Waals surface area (Å²) in [5.74, 6) is -1.20. The number of amides is 1. The number of hydrogen-bond acceptors (Lipinski definition) is 3. The van der Waals surface area contributed by atoms with E-state index in [0.717, 1.165) is 11.1 Å². The van der Waals surface area contributed by atoms with Crippen molar-refractivity contribution in [3.63, 3.8) is 0 Å². The molecule has 0 heterocycles. The van der Waals surface area contributed by atoms with Crippen molar-refractivity contribution in [2.75, 3.05) is 5.73 Å². The number of hydrogen-bond donors (Lipinski definition) is 3. The number of fused-ring (bicyclic) bond motifs is 1. The second kappa shape index (κ2) is 5.31. The van der Waals surface area contributed by atoms with Crippen molar-refractivity contribution in [1.29, 1.82) is 0 Å². The van der Waals surface area contributed by atoms with E-state index in [2.05, 4.69) is 0 Å². The zero-order valence-corrected chi connectivity index (χ0v) is 12.1. The lowest BCUT2D eigenvalue weighted by molar-refractivity contribution is -0.141. The molecular weight excluding hydrogens is 276 g/mol. The molecule has 4 heteroatoms. The van der Waals surface area contributed by atoms with Gasteiger partial charge in [-0.1, -0.05) is 54.6 Å². The van der Waals surface area contributed by atoms with E-state index in [9.17, 15) is 9.90 Å². The van der Waals surface area contributed by atoms with Gasteiger partial charge in [0.2, 0.25) is 0 Å². The highest BCUT2D eigenvalue weighted by atomic mass is 16.3. The Balaban J connectivity index is 2.05. The second-order valence-corrected chi connectivity index (χ2v) is 5.59. The second-order valence-electron chi connectivity index (χ2n) is 5.59. The molecule has 0 aliphatic heterocycles. The zero-order valence-electron chi connectivity index (χ0n) is 12.1. The van der Waals surface area contributed by atoms with Crippen LogP contribution in [0.15, 0.2) is 54.6 Å². The standard InChI is InChI=1S/C18H18N2O2/c19-16-8-4-2-6-13(16)11-14-10-9-12-5-1-3-7-15(12)18(14,22)17(20)21/h1-10,14,22H,11,19H2,(H2,20,21). The quantitative estimate of drug-likeness (QED) is 0.754. The first-order valence-corrected chi connectivity index (χ1v) is 7.17. The summed E-state index contributed by atoms with van der Waals surface area (Å²) in [6.45, 7) is 0. The summed E-state index contributed by atoms with van der Waals surface area (Å²) in [6, 6.07) is 14.7. The minimum Gasteiger partial charge on any atom is -0.399 e. The lowest BCUT2D eigenvalue weighted by Gasteiger charge is -2.36. The molecule has 0 radical (unpaired) electrons. The van der Waals surface area contributed by atoms with Gasteiger partial charge >= 0.3 is 0 Å². The molecular formula is C18H18N2O2. The molecule has 1 aliphatic rings. The minimum atomic E-state index is -1.73. The Morgan fingerprint density at radius 2 is 1.82 bits per heavy atom. The highest BCUT2D eigenvalue weighted by Gasteiger charge is 2.45. The Morgan fingerprint density at radius 1 is 1.14 bits per heavy atom. The number of anilines is 1. The topological polar surface area (TPSA) is 89.3 Å². The fourth-order valence-electron chi connectivity index (χ4n) is 3.04. The molecule has 4 nitrogen and oxygen atoms in total. The molecule has 0 fully saturated rings. The van der Waals surface area contributed by atoms with Crippen molar-refractivity contribution in [3.05, 3.63) is 71.3 Å². The van der Waals surface area contributed by atoms with Crippen LogP contribution in [0.1, 0.15) is 16.7 Å². The van der Waals surface area contributed by atoms with Gasteiger partial charge in [0.1, 0.15) is 0 Å². The number of carbonyl (C=O) groups excluding carboxylic acids is 1. The van der Waals surface area contributed by atoms with Gasteiger partial charge in [-0.25, -0.2) is 0 Å². The van der Waals surface area contributed by atoms with Crippen molar-refractivity contribution < 1.29 is 9.90 Å². The van der Waals surface area contributed by atoms with Crippen LogP contribution in [0.25, 0.3) is 6.08 Å². The van der Waals surface area contributed by atoms with Gasteiger partial charge in [-0.2, -0.15) is 0 Å². The fourth-order valence-corrected chi connectivity index (χ4v) is 3.04. The minimum absolute atomic E-state index is 0.441. The molecule has 3 rings (SSSR count). The largest absolute Gasteiger partial charge is 0.399 e. The fraction of sp³-hybridized carbons (Fsp3) is 0.167. The average molecular weight is 294 g/mol. The van der Waals surface area contributed by atoms with Crippen LogP contribution in [0.5, 0.6) is 0 Å². The van der Waals surface area contributed by atoms with Crippen molar-refractivity contribution in [2.45, 2.75) is 12.0 Å². The first-order valence-electron chi connectivity index (χ1n) is 7.17. The van der Waals surface area contributed by atoms with E-state index < -0.39 is 17.4 Å². The van der Waals surface area contributed by atoms with E-state index >= 15 is 0 Å². The molecule has 0 bridgehead atoms. The van der Waals surface area contributed by atoms with Crippen molar-refractivity contribution in [3.8, 4) is 0 Å². The van der Waals surface area contributed by atoms with Crippen LogP contribution in [0, 0.1) is 5.92 Å². The molecule has 112 valence electrons. The monoisotopic (exact) mass is 294 g/mol. The SMILES string of the molecule is NC(=O)C1(O)c2ccccc2C=CC1Cc1ccccc1N. The van der Waals surface area contributed by atoms with Crippen LogP contribution in [-0.2, 0) is 16.8 Å². The summed E-state index contributed by atoms with van der Waals surface area (Å²) >= 11 is 0. The van der Waals surface area contributed by atoms with Crippen molar-refractivity contribution in [1.82, 2.24) is 0 Å². The van der Waals surface area contributed by atoms with Gasteiger partial charge in [0.15, 0.2) is 5.60 Å². The predicted molar refractivity (Wildman–Crippen MR) is 86.6 cm³/mol. The molecule has 0 saturated heterocycles. The summed E-state index contributed by atoms with van der Waals surface area (Å²) in [7, 11) is 0.